The number of ether oxygens (including phenoxy) is 1. The topological polar surface area (TPSA) is 80.0 Å². The first kappa shape index (κ1) is 22.4. The van der Waals surface area contributed by atoms with E-state index in [0.29, 0.717) is 18.3 Å². The predicted octanol–water partition coefficient (Wildman–Crippen LogP) is 1.83. The van der Waals surface area contributed by atoms with Crippen LogP contribution >= 0.6 is 24.0 Å². The fraction of sp³-hybridized carbons (Fsp3) is 0.875. The molecule has 1 rings (SSSR count). The number of piperidine rings is 1. The second-order valence-corrected chi connectivity index (χ2v) is 6.42. The maximum absolute atomic E-state index is 11.1. The Labute approximate surface area is 157 Å². The summed E-state index contributed by atoms with van der Waals surface area (Å²) in [7, 11) is 1.80. The van der Waals surface area contributed by atoms with Crippen LogP contribution in [0.5, 0.6) is 0 Å². The Balaban J connectivity index is 0.00000484. The van der Waals surface area contributed by atoms with Crippen molar-refractivity contribution in [3.8, 4) is 0 Å². The van der Waals surface area contributed by atoms with E-state index in [0.717, 1.165) is 58.1 Å². The van der Waals surface area contributed by atoms with Gasteiger partial charge in [-0.05, 0) is 31.1 Å². The molecule has 3 N–H and O–H groups in total. The molecule has 1 saturated heterocycles. The van der Waals surface area contributed by atoms with Crippen LogP contribution in [0.4, 0.5) is 0 Å². The van der Waals surface area contributed by atoms with Crippen LogP contribution in [0.1, 0.15) is 39.5 Å². The molecule has 1 aliphatic rings. The van der Waals surface area contributed by atoms with E-state index in [9.17, 15) is 4.79 Å². The third-order valence-electron chi connectivity index (χ3n) is 3.72. The summed E-state index contributed by atoms with van der Waals surface area (Å²) in [6.45, 7) is 8.58. The highest BCUT2D eigenvalue weighted by Gasteiger charge is 2.23. The average molecular weight is 440 g/mol. The maximum Gasteiger partial charge on any atom is 0.217 e. The summed E-state index contributed by atoms with van der Waals surface area (Å²) >= 11 is 0. The van der Waals surface area contributed by atoms with Crippen molar-refractivity contribution >= 4 is 35.8 Å². The molecule has 0 radical (unpaired) electrons. The van der Waals surface area contributed by atoms with Crippen molar-refractivity contribution < 1.29 is 9.53 Å². The molecule has 0 bridgehead atoms. The molecule has 1 heterocycles. The largest absolute Gasteiger partial charge is 0.381 e. The molecule has 1 atom stereocenters. The Kier molecular flexibility index (Phi) is 12.5. The van der Waals surface area contributed by atoms with Crippen LogP contribution in [-0.2, 0) is 9.53 Å². The van der Waals surface area contributed by atoms with E-state index in [1.807, 2.05) is 0 Å². The van der Waals surface area contributed by atoms with Gasteiger partial charge in [0.2, 0.25) is 5.91 Å². The van der Waals surface area contributed by atoms with Crippen LogP contribution in [-0.4, -0.2) is 56.7 Å². The zero-order chi connectivity index (χ0) is 16.4. The minimum Gasteiger partial charge on any atom is -0.381 e. The summed E-state index contributed by atoms with van der Waals surface area (Å²) in [6, 6.07) is 0. The third kappa shape index (κ3) is 10.0. The number of carbonyl (C=O) groups excluding carboxylic acids is 1. The summed E-state index contributed by atoms with van der Waals surface area (Å²) in [5.74, 6) is 1.63. The standard InChI is InChI=1S/C16H32N4O2.HI/c1-13(2)12-22-9-5-7-19-16(18-3)20-8-4-6-14(11-20)10-15(17)21;/h13-14H,4-12H2,1-3H3,(H2,17,21)(H,18,19);1H. The molecule has 0 aliphatic carbocycles. The number of rotatable bonds is 8. The number of likely N-dealkylation sites (tertiary alicyclic amines) is 1. The Morgan fingerprint density at radius 1 is 1.48 bits per heavy atom. The van der Waals surface area contributed by atoms with Crippen LogP contribution in [0.2, 0.25) is 0 Å². The number of nitrogens with zero attached hydrogens (tertiary/aromatic N) is 2. The highest BCUT2D eigenvalue weighted by Crippen LogP contribution is 2.19. The zero-order valence-corrected chi connectivity index (χ0v) is 17.0. The third-order valence-corrected chi connectivity index (χ3v) is 3.72. The number of nitrogens with one attached hydrogen (secondary N) is 1. The van der Waals surface area contributed by atoms with Gasteiger partial charge < -0.3 is 20.7 Å². The normalized spacial score (nSPS) is 18.7. The van der Waals surface area contributed by atoms with Crippen LogP contribution in [0, 0.1) is 11.8 Å². The molecule has 7 heteroatoms. The monoisotopic (exact) mass is 440 g/mol. The van der Waals surface area contributed by atoms with Gasteiger partial charge in [0, 0.05) is 46.3 Å². The first-order valence-corrected chi connectivity index (χ1v) is 8.34. The summed E-state index contributed by atoms with van der Waals surface area (Å²) in [5, 5.41) is 3.38. The van der Waals surface area contributed by atoms with Gasteiger partial charge in [0.15, 0.2) is 5.96 Å². The lowest BCUT2D eigenvalue weighted by molar-refractivity contribution is -0.119. The van der Waals surface area contributed by atoms with Gasteiger partial charge >= 0.3 is 0 Å². The van der Waals surface area contributed by atoms with Gasteiger partial charge in [-0.15, -0.1) is 24.0 Å². The molecule has 23 heavy (non-hydrogen) atoms. The van der Waals surface area contributed by atoms with Crippen LogP contribution in [0.3, 0.4) is 0 Å². The summed E-state index contributed by atoms with van der Waals surface area (Å²) < 4.78 is 5.57. The molecule has 0 saturated carbocycles. The van der Waals surface area contributed by atoms with Gasteiger partial charge in [-0.2, -0.15) is 0 Å². The minimum atomic E-state index is -0.211. The molecule has 1 aliphatic heterocycles. The fourth-order valence-electron chi connectivity index (χ4n) is 2.73. The summed E-state index contributed by atoms with van der Waals surface area (Å²) in [6.07, 6.45) is 3.58. The van der Waals surface area contributed by atoms with E-state index in [1.54, 1.807) is 7.05 Å². The average Bonchev–Trinajstić information content (AvgIpc) is 2.46. The Bertz CT molecular complexity index is 364. The number of nitrogens with two attached hydrogens (primary N) is 1. The predicted molar refractivity (Wildman–Crippen MR) is 105 cm³/mol. The van der Waals surface area contributed by atoms with Crippen molar-refractivity contribution in [3.05, 3.63) is 0 Å². The SMILES string of the molecule is CN=C(NCCCOCC(C)C)N1CCCC(CC(N)=O)C1.I. The number of amides is 1. The molecule has 0 aromatic carbocycles. The Morgan fingerprint density at radius 3 is 2.83 bits per heavy atom. The van der Waals surface area contributed by atoms with E-state index >= 15 is 0 Å². The number of hydrogen-bond acceptors (Lipinski definition) is 3. The van der Waals surface area contributed by atoms with Crippen molar-refractivity contribution in [3.63, 3.8) is 0 Å². The number of carbonyl (C=O) groups is 1. The lowest BCUT2D eigenvalue weighted by Crippen LogP contribution is -2.47. The second kappa shape index (κ2) is 12.8. The number of aliphatic imine (C=N–C) groups is 1. The zero-order valence-electron chi connectivity index (χ0n) is 14.7. The highest BCUT2D eigenvalue weighted by atomic mass is 127. The molecule has 136 valence electrons. The fourth-order valence-corrected chi connectivity index (χ4v) is 2.73. The second-order valence-electron chi connectivity index (χ2n) is 6.42. The van der Waals surface area contributed by atoms with Gasteiger partial charge in [0.25, 0.3) is 0 Å². The van der Waals surface area contributed by atoms with Crippen molar-refractivity contribution in [2.45, 2.75) is 39.5 Å². The van der Waals surface area contributed by atoms with Crippen molar-refractivity contribution in [2.24, 2.45) is 22.6 Å². The Hall–Kier alpha value is -0.570. The van der Waals surface area contributed by atoms with Gasteiger partial charge in [0.1, 0.15) is 0 Å². The molecule has 0 aromatic heterocycles. The van der Waals surface area contributed by atoms with Crippen molar-refractivity contribution in [1.29, 1.82) is 0 Å². The molecule has 6 nitrogen and oxygen atoms in total. The van der Waals surface area contributed by atoms with E-state index in [1.165, 1.54) is 0 Å². The van der Waals surface area contributed by atoms with Gasteiger partial charge in [-0.25, -0.2) is 0 Å². The van der Waals surface area contributed by atoms with Crippen molar-refractivity contribution in [2.75, 3.05) is 39.9 Å². The maximum atomic E-state index is 11.1. The van der Waals surface area contributed by atoms with Crippen LogP contribution in [0.15, 0.2) is 4.99 Å². The molecule has 1 unspecified atom stereocenters. The number of guanidine groups is 1. The lowest BCUT2D eigenvalue weighted by atomic mass is 9.95. The molecule has 1 fully saturated rings. The van der Waals surface area contributed by atoms with Gasteiger partial charge in [-0.1, -0.05) is 13.8 Å². The van der Waals surface area contributed by atoms with Crippen LogP contribution in [0.25, 0.3) is 0 Å². The summed E-state index contributed by atoms with van der Waals surface area (Å²) in [4.78, 5) is 17.7. The molecular formula is C16H33IN4O2. The number of primary amides is 1. The quantitative estimate of drug-likeness (QED) is 0.261. The van der Waals surface area contributed by atoms with E-state index in [-0.39, 0.29) is 29.9 Å². The Morgan fingerprint density at radius 2 is 2.22 bits per heavy atom. The van der Waals surface area contributed by atoms with E-state index in [2.05, 4.69) is 29.1 Å². The van der Waals surface area contributed by atoms with Gasteiger partial charge in [-0.3, -0.25) is 9.79 Å². The van der Waals surface area contributed by atoms with E-state index in [4.69, 9.17) is 10.5 Å². The van der Waals surface area contributed by atoms with Gasteiger partial charge in [0.05, 0.1) is 0 Å². The lowest BCUT2D eigenvalue weighted by Gasteiger charge is -2.34. The first-order chi connectivity index (χ1) is 10.5. The summed E-state index contributed by atoms with van der Waals surface area (Å²) in [5.41, 5.74) is 5.31. The molecule has 1 amide bonds. The molecule has 0 aromatic rings. The molecule has 0 spiro atoms. The highest BCUT2D eigenvalue weighted by molar-refractivity contribution is 14.0. The minimum absolute atomic E-state index is 0. The van der Waals surface area contributed by atoms with E-state index < -0.39 is 0 Å². The molecular weight excluding hydrogens is 407 g/mol. The first-order valence-electron chi connectivity index (χ1n) is 8.34. The van der Waals surface area contributed by atoms with Crippen LogP contribution < -0.4 is 11.1 Å². The smallest absolute Gasteiger partial charge is 0.217 e. The number of halogens is 1. The van der Waals surface area contributed by atoms with Crippen molar-refractivity contribution in [1.82, 2.24) is 10.2 Å². The number of hydrogen-bond donors (Lipinski definition) is 2.